The van der Waals surface area contributed by atoms with Crippen LogP contribution in [0.4, 0.5) is 0 Å². The van der Waals surface area contributed by atoms with Gasteiger partial charge in [0, 0.05) is 19.1 Å². The molecule has 1 aliphatic heterocycles. The minimum absolute atomic E-state index is 0.0487. The molecule has 1 heterocycles. The van der Waals surface area contributed by atoms with Crippen molar-refractivity contribution in [1.29, 1.82) is 5.26 Å². The van der Waals surface area contributed by atoms with Crippen LogP contribution in [0.5, 0.6) is 0 Å². The molecule has 0 bridgehead atoms. The Morgan fingerprint density at radius 2 is 1.96 bits per heavy atom. The maximum atomic E-state index is 12.5. The molecule has 3 atom stereocenters. The Labute approximate surface area is 143 Å². The molecule has 0 radical (unpaired) electrons. The van der Waals surface area contributed by atoms with Gasteiger partial charge in [-0.3, -0.25) is 10.1 Å². The topological polar surface area (TPSA) is 90.3 Å². The van der Waals surface area contributed by atoms with Gasteiger partial charge in [0.1, 0.15) is 0 Å². The fraction of sp³-hybridized carbons (Fsp3) is 0.529. The zero-order valence-corrected chi connectivity index (χ0v) is 15.0. The Morgan fingerprint density at radius 1 is 1.33 bits per heavy atom. The molecule has 1 fully saturated rings. The number of nitriles is 1. The lowest BCUT2D eigenvalue weighted by atomic mass is 10.1. The fourth-order valence-electron chi connectivity index (χ4n) is 2.96. The van der Waals surface area contributed by atoms with Crippen molar-refractivity contribution < 1.29 is 13.2 Å². The molecule has 0 unspecified atom stereocenters. The van der Waals surface area contributed by atoms with E-state index in [1.807, 2.05) is 19.1 Å². The van der Waals surface area contributed by atoms with Gasteiger partial charge < -0.3 is 4.90 Å². The summed E-state index contributed by atoms with van der Waals surface area (Å²) in [5.74, 6) is 0.0869. The summed E-state index contributed by atoms with van der Waals surface area (Å²) in [7, 11) is -1.35. The molecule has 130 valence electrons. The number of sulfone groups is 1. The average Bonchev–Trinajstić information content (AvgIpc) is 2.93. The molecule has 1 amide bonds. The number of likely N-dealkylation sites (N-methyl/N-ethyl adjacent to an activating group) is 1. The van der Waals surface area contributed by atoms with Gasteiger partial charge in [-0.1, -0.05) is 12.1 Å². The summed E-state index contributed by atoms with van der Waals surface area (Å²) in [6, 6.07) is 8.57. The standard InChI is InChI=1S/C17H23N3O3S/c1-12(15-6-4-14(10-18)5-7-15)19-13(2)17(21)20(3)16-8-9-24(22,23)11-16/h4-7,12-13,16,19H,8-9,11H2,1-3H3/t12-,13+,16-/m1/s1. The Bertz CT molecular complexity index is 737. The average molecular weight is 349 g/mol. The van der Waals surface area contributed by atoms with Gasteiger partial charge in [-0.05, 0) is 38.0 Å². The van der Waals surface area contributed by atoms with Crippen LogP contribution in [-0.2, 0) is 14.6 Å². The highest BCUT2D eigenvalue weighted by molar-refractivity contribution is 7.91. The number of hydrogen-bond acceptors (Lipinski definition) is 5. The minimum atomic E-state index is -3.01. The first-order valence-electron chi connectivity index (χ1n) is 7.96. The monoisotopic (exact) mass is 349 g/mol. The molecule has 1 N–H and O–H groups in total. The van der Waals surface area contributed by atoms with E-state index in [2.05, 4.69) is 11.4 Å². The van der Waals surface area contributed by atoms with Gasteiger partial charge in [0.2, 0.25) is 5.91 Å². The molecule has 1 aromatic carbocycles. The van der Waals surface area contributed by atoms with Crippen LogP contribution >= 0.6 is 0 Å². The molecule has 24 heavy (non-hydrogen) atoms. The number of amides is 1. The normalized spacial score (nSPS) is 21.7. The Balaban J connectivity index is 1.96. The molecule has 1 aromatic rings. The second-order valence-corrected chi connectivity index (χ2v) is 8.58. The molecule has 1 aliphatic rings. The van der Waals surface area contributed by atoms with Crippen LogP contribution in [0.3, 0.4) is 0 Å². The molecule has 6 nitrogen and oxygen atoms in total. The number of nitrogens with zero attached hydrogens (tertiary/aromatic N) is 2. The molecule has 0 aliphatic carbocycles. The molecule has 0 spiro atoms. The highest BCUT2D eigenvalue weighted by Gasteiger charge is 2.34. The molecule has 7 heteroatoms. The zero-order valence-electron chi connectivity index (χ0n) is 14.2. The quantitative estimate of drug-likeness (QED) is 0.864. The fourth-order valence-corrected chi connectivity index (χ4v) is 4.73. The lowest BCUT2D eigenvalue weighted by molar-refractivity contribution is -0.133. The third-order valence-electron chi connectivity index (χ3n) is 4.51. The Morgan fingerprint density at radius 3 is 2.46 bits per heavy atom. The smallest absolute Gasteiger partial charge is 0.239 e. The van der Waals surface area contributed by atoms with Crippen LogP contribution in [-0.4, -0.2) is 49.9 Å². The second kappa shape index (κ2) is 7.32. The predicted octanol–water partition coefficient (Wildman–Crippen LogP) is 1.24. The van der Waals surface area contributed by atoms with E-state index in [1.165, 1.54) is 0 Å². The first-order valence-corrected chi connectivity index (χ1v) is 9.79. The van der Waals surface area contributed by atoms with E-state index in [0.29, 0.717) is 12.0 Å². The predicted molar refractivity (Wildman–Crippen MR) is 92.0 cm³/mol. The van der Waals surface area contributed by atoms with Gasteiger partial charge in [0.15, 0.2) is 9.84 Å². The van der Waals surface area contributed by atoms with Crippen LogP contribution in [0.2, 0.25) is 0 Å². The van der Waals surface area contributed by atoms with Crippen LogP contribution in [0.25, 0.3) is 0 Å². The number of rotatable bonds is 5. The van der Waals surface area contributed by atoms with Crippen molar-refractivity contribution in [1.82, 2.24) is 10.2 Å². The third kappa shape index (κ3) is 4.34. The van der Waals surface area contributed by atoms with Gasteiger partial charge in [-0.15, -0.1) is 0 Å². The number of carbonyl (C=O) groups is 1. The van der Waals surface area contributed by atoms with Gasteiger partial charge in [-0.25, -0.2) is 8.42 Å². The number of hydrogen-bond donors (Lipinski definition) is 1. The SMILES string of the molecule is C[C@H](N[C@H](C)c1ccc(C#N)cc1)C(=O)N(C)[C@@H]1CCS(=O)(=O)C1. The molecule has 1 saturated heterocycles. The van der Waals surface area contributed by atoms with E-state index in [1.54, 1.807) is 31.0 Å². The number of nitrogens with one attached hydrogen (secondary N) is 1. The third-order valence-corrected chi connectivity index (χ3v) is 6.26. The summed E-state index contributed by atoms with van der Waals surface area (Å²) in [5, 5.41) is 12.1. The lowest BCUT2D eigenvalue weighted by Gasteiger charge is -2.28. The summed E-state index contributed by atoms with van der Waals surface area (Å²) in [5.41, 5.74) is 1.58. The number of carbonyl (C=O) groups excluding carboxylic acids is 1. The lowest BCUT2D eigenvalue weighted by Crippen LogP contribution is -2.48. The van der Waals surface area contributed by atoms with E-state index in [-0.39, 0.29) is 29.5 Å². The largest absolute Gasteiger partial charge is 0.340 e. The van der Waals surface area contributed by atoms with E-state index in [9.17, 15) is 13.2 Å². The summed E-state index contributed by atoms with van der Waals surface area (Å²) in [4.78, 5) is 14.1. The molecule has 0 saturated carbocycles. The maximum absolute atomic E-state index is 12.5. The van der Waals surface area contributed by atoms with Crippen molar-refractivity contribution in [3.8, 4) is 6.07 Å². The molecular weight excluding hydrogens is 326 g/mol. The maximum Gasteiger partial charge on any atom is 0.239 e. The van der Waals surface area contributed by atoms with Gasteiger partial charge in [0.25, 0.3) is 0 Å². The van der Waals surface area contributed by atoms with Crippen molar-refractivity contribution in [2.45, 2.75) is 38.4 Å². The summed E-state index contributed by atoms with van der Waals surface area (Å²) in [6.07, 6.45) is 0.502. The highest BCUT2D eigenvalue weighted by Crippen LogP contribution is 2.18. The first kappa shape index (κ1) is 18.4. The van der Waals surface area contributed by atoms with E-state index in [0.717, 1.165) is 5.56 Å². The van der Waals surface area contributed by atoms with Crippen LogP contribution in [0.1, 0.15) is 37.4 Å². The molecular formula is C17H23N3O3S. The Kier molecular flexibility index (Phi) is 5.62. The van der Waals surface area contributed by atoms with Crippen molar-refractivity contribution in [3.05, 3.63) is 35.4 Å². The molecule has 2 rings (SSSR count). The molecule has 0 aromatic heterocycles. The Hall–Kier alpha value is -1.91. The summed E-state index contributed by atoms with van der Waals surface area (Å²) in [6.45, 7) is 3.73. The summed E-state index contributed by atoms with van der Waals surface area (Å²) >= 11 is 0. The van der Waals surface area contributed by atoms with Crippen LogP contribution < -0.4 is 5.32 Å². The minimum Gasteiger partial charge on any atom is -0.340 e. The highest BCUT2D eigenvalue weighted by atomic mass is 32.2. The van der Waals surface area contributed by atoms with Gasteiger partial charge in [-0.2, -0.15) is 5.26 Å². The van der Waals surface area contributed by atoms with E-state index < -0.39 is 15.9 Å². The first-order chi connectivity index (χ1) is 11.2. The number of benzene rings is 1. The van der Waals surface area contributed by atoms with Crippen molar-refractivity contribution in [2.24, 2.45) is 0 Å². The van der Waals surface area contributed by atoms with Crippen LogP contribution in [0.15, 0.2) is 24.3 Å². The van der Waals surface area contributed by atoms with Gasteiger partial charge in [0.05, 0.1) is 29.2 Å². The summed E-state index contributed by atoms with van der Waals surface area (Å²) < 4.78 is 23.2. The van der Waals surface area contributed by atoms with Crippen molar-refractivity contribution in [2.75, 3.05) is 18.6 Å². The van der Waals surface area contributed by atoms with Crippen molar-refractivity contribution in [3.63, 3.8) is 0 Å². The van der Waals surface area contributed by atoms with Gasteiger partial charge >= 0.3 is 0 Å². The van der Waals surface area contributed by atoms with E-state index >= 15 is 0 Å². The van der Waals surface area contributed by atoms with E-state index in [4.69, 9.17) is 5.26 Å². The second-order valence-electron chi connectivity index (χ2n) is 6.35. The van der Waals surface area contributed by atoms with Crippen molar-refractivity contribution >= 4 is 15.7 Å². The zero-order chi connectivity index (χ0) is 17.9. The van der Waals surface area contributed by atoms with Crippen LogP contribution in [0, 0.1) is 11.3 Å².